The van der Waals surface area contributed by atoms with Crippen molar-refractivity contribution in [2.45, 2.75) is 32.0 Å². The second kappa shape index (κ2) is 9.58. The van der Waals surface area contributed by atoms with E-state index < -0.39 is 0 Å². The van der Waals surface area contributed by atoms with Crippen molar-refractivity contribution in [3.63, 3.8) is 0 Å². The Balaban J connectivity index is 1.58. The number of thioether (sulfide) groups is 1. The first kappa shape index (κ1) is 21.6. The zero-order valence-electron chi connectivity index (χ0n) is 17.5. The van der Waals surface area contributed by atoms with Gasteiger partial charge in [-0.25, -0.2) is 0 Å². The third-order valence-electron chi connectivity index (χ3n) is 4.66. The second-order valence-electron chi connectivity index (χ2n) is 7.11. The first-order chi connectivity index (χ1) is 14.3. The van der Waals surface area contributed by atoms with Crippen LogP contribution in [-0.2, 0) is 11.8 Å². The third-order valence-corrected chi connectivity index (χ3v) is 5.68. The molecule has 0 radical (unpaired) electrons. The van der Waals surface area contributed by atoms with Crippen molar-refractivity contribution >= 4 is 29.3 Å². The maximum absolute atomic E-state index is 12.6. The molecule has 3 rings (SSSR count). The van der Waals surface area contributed by atoms with Crippen LogP contribution in [-0.4, -0.2) is 32.3 Å². The molecule has 0 aliphatic heterocycles. The Hall–Kier alpha value is -3.13. The van der Waals surface area contributed by atoms with Gasteiger partial charge in [0.1, 0.15) is 0 Å². The number of hydrogen-bond acceptors (Lipinski definition) is 5. The highest BCUT2D eigenvalue weighted by Gasteiger charge is 2.19. The van der Waals surface area contributed by atoms with Crippen molar-refractivity contribution in [1.29, 1.82) is 0 Å². The van der Waals surface area contributed by atoms with Crippen molar-refractivity contribution in [2.75, 3.05) is 11.1 Å². The van der Waals surface area contributed by atoms with Gasteiger partial charge in [0, 0.05) is 18.3 Å². The molecule has 0 bridgehead atoms. The van der Waals surface area contributed by atoms with Crippen molar-refractivity contribution in [2.24, 2.45) is 7.05 Å². The zero-order valence-corrected chi connectivity index (χ0v) is 18.3. The van der Waals surface area contributed by atoms with E-state index in [0.29, 0.717) is 16.5 Å². The van der Waals surface area contributed by atoms with Gasteiger partial charge >= 0.3 is 0 Å². The van der Waals surface area contributed by atoms with Crippen LogP contribution in [0.25, 0.3) is 0 Å². The van der Waals surface area contributed by atoms with Gasteiger partial charge in [0.15, 0.2) is 11.0 Å². The van der Waals surface area contributed by atoms with Gasteiger partial charge in [-0.05, 0) is 44.5 Å². The summed E-state index contributed by atoms with van der Waals surface area (Å²) in [6.45, 7) is 5.76. The molecule has 0 saturated heterocycles. The maximum Gasteiger partial charge on any atom is 0.252 e. The van der Waals surface area contributed by atoms with Gasteiger partial charge in [-0.2, -0.15) is 0 Å². The molecule has 0 fully saturated rings. The smallest absolute Gasteiger partial charge is 0.252 e. The Morgan fingerprint density at radius 2 is 1.77 bits per heavy atom. The normalized spacial score (nSPS) is 11.7. The Bertz CT molecular complexity index is 1050. The lowest BCUT2D eigenvalue weighted by Crippen LogP contribution is -2.29. The molecule has 7 nitrogen and oxygen atoms in total. The number of hydrogen-bond donors (Lipinski definition) is 2. The Labute approximate surface area is 180 Å². The summed E-state index contributed by atoms with van der Waals surface area (Å²) in [5.74, 6) is 0.562. The van der Waals surface area contributed by atoms with Crippen molar-refractivity contribution in [3.8, 4) is 0 Å². The minimum Gasteiger partial charge on any atom is -0.342 e. The Morgan fingerprint density at radius 3 is 2.47 bits per heavy atom. The number of nitrogens with one attached hydrogen (secondary N) is 2. The second-order valence-corrected chi connectivity index (χ2v) is 8.06. The molecule has 0 saturated carbocycles. The quantitative estimate of drug-likeness (QED) is 0.566. The zero-order chi connectivity index (χ0) is 21.7. The van der Waals surface area contributed by atoms with Gasteiger partial charge in [-0.3, -0.25) is 9.59 Å². The lowest BCUT2D eigenvalue weighted by Gasteiger charge is -2.14. The topological polar surface area (TPSA) is 88.9 Å². The summed E-state index contributed by atoms with van der Waals surface area (Å²) in [6.07, 6.45) is 0. The van der Waals surface area contributed by atoms with Crippen LogP contribution in [0.15, 0.2) is 53.7 Å². The predicted octanol–water partition coefficient (Wildman–Crippen LogP) is 3.65. The predicted molar refractivity (Wildman–Crippen MR) is 119 cm³/mol. The molecule has 30 heavy (non-hydrogen) atoms. The van der Waals surface area contributed by atoms with Crippen LogP contribution < -0.4 is 10.6 Å². The highest BCUT2D eigenvalue weighted by molar-refractivity contribution is 7.99. The van der Waals surface area contributed by atoms with Gasteiger partial charge in [0.2, 0.25) is 5.91 Å². The van der Waals surface area contributed by atoms with Crippen LogP contribution in [0, 0.1) is 13.8 Å². The molecule has 156 valence electrons. The maximum atomic E-state index is 12.6. The third kappa shape index (κ3) is 5.27. The summed E-state index contributed by atoms with van der Waals surface area (Å²) in [6, 6.07) is 14.7. The van der Waals surface area contributed by atoms with Gasteiger partial charge in [0.25, 0.3) is 5.91 Å². The van der Waals surface area contributed by atoms with Crippen LogP contribution in [0.5, 0.6) is 0 Å². The number of carbonyl (C=O) groups excluding carboxylic acids is 2. The van der Waals surface area contributed by atoms with Crippen LogP contribution >= 0.6 is 11.8 Å². The summed E-state index contributed by atoms with van der Waals surface area (Å²) in [5.41, 5.74) is 3.44. The molecular formula is C22H25N5O2S. The summed E-state index contributed by atoms with van der Waals surface area (Å²) in [7, 11) is 1.83. The average molecular weight is 424 g/mol. The number of aryl methyl sites for hydroxylation is 2. The van der Waals surface area contributed by atoms with Crippen LogP contribution in [0.2, 0.25) is 0 Å². The van der Waals surface area contributed by atoms with Crippen LogP contribution in [0.4, 0.5) is 5.69 Å². The fourth-order valence-electron chi connectivity index (χ4n) is 2.96. The van der Waals surface area contributed by atoms with E-state index in [1.165, 1.54) is 11.8 Å². The number of anilines is 1. The molecule has 8 heteroatoms. The minimum atomic E-state index is -0.328. The average Bonchev–Trinajstić information content (AvgIpc) is 3.09. The molecular weight excluding hydrogens is 398 g/mol. The van der Waals surface area contributed by atoms with Crippen LogP contribution in [0.3, 0.4) is 0 Å². The highest BCUT2D eigenvalue weighted by atomic mass is 32.2. The van der Waals surface area contributed by atoms with E-state index >= 15 is 0 Å². The largest absolute Gasteiger partial charge is 0.342 e. The van der Waals surface area contributed by atoms with E-state index in [4.69, 9.17) is 0 Å². The molecule has 0 aliphatic rings. The lowest BCUT2D eigenvalue weighted by atomic mass is 10.1. The molecule has 2 amide bonds. The molecule has 1 aromatic heterocycles. The SMILES string of the molecule is Cc1ccc(NC(=O)CSc2nnc([C@@H](C)NC(=O)c3ccccc3C)n2C)cc1. The summed E-state index contributed by atoms with van der Waals surface area (Å²) < 4.78 is 1.80. The number of benzene rings is 2. The molecule has 0 unspecified atom stereocenters. The number of aromatic nitrogens is 3. The minimum absolute atomic E-state index is 0.116. The van der Waals surface area contributed by atoms with Gasteiger partial charge < -0.3 is 15.2 Å². The van der Waals surface area contributed by atoms with E-state index in [-0.39, 0.29) is 23.6 Å². The molecule has 3 aromatic rings. The van der Waals surface area contributed by atoms with Crippen molar-refractivity contribution in [1.82, 2.24) is 20.1 Å². The van der Waals surface area contributed by atoms with E-state index in [9.17, 15) is 9.59 Å². The molecule has 2 N–H and O–H groups in total. The number of nitrogens with zero attached hydrogens (tertiary/aromatic N) is 3. The lowest BCUT2D eigenvalue weighted by molar-refractivity contribution is -0.113. The van der Waals surface area contributed by atoms with Crippen LogP contribution in [0.1, 0.15) is 40.3 Å². The van der Waals surface area contributed by atoms with E-state index in [2.05, 4.69) is 20.8 Å². The van der Waals surface area contributed by atoms with Crippen molar-refractivity contribution < 1.29 is 9.59 Å². The standard InChI is InChI=1S/C22H25N5O2S/c1-14-9-11-17(12-10-14)24-19(28)13-30-22-26-25-20(27(22)4)16(3)23-21(29)18-8-6-5-7-15(18)2/h5-12,16H,13H2,1-4H3,(H,23,29)(H,24,28)/t16-/m1/s1. The van der Waals surface area contributed by atoms with E-state index in [1.807, 2.05) is 70.3 Å². The monoisotopic (exact) mass is 423 g/mol. The Morgan fingerprint density at radius 1 is 1.07 bits per heavy atom. The van der Waals surface area contributed by atoms with Crippen molar-refractivity contribution in [3.05, 3.63) is 71.0 Å². The van der Waals surface area contributed by atoms with E-state index in [1.54, 1.807) is 10.6 Å². The first-order valence-corrected chi connectivity index (χ1v) is 10.6. The number of rotatable bonds is 7. The molecule has 0 spiro atoms. The summed E-state index contributed by atoms with van der Waals surface area (Å²) >= 11 is 1.30. The highest BCUT2D eigenvalue weighted by Crippen LogP contribution is 2.20. The number of amides is 2. The van der Waals surface area contributed by atoms with Gasteiger partial charge in [-0.1, -0.05) is 47.7 Å². The Kier molecular flexibility index (Phi) is 6.89. The number of carbonyl (C=O) groups is 2. The van der Waals surface area contributed by atoms with E-state index in [0.717, 1.165) is 16.8 Å². The molecule has 1 atom stereocenters. The first-order valence-electron chi connectivity index (χ1n) is 9.60. The fraction of sp³-hybridized carbons (Fsp3) is 0.273. The molecule has 1 heterocycles. The molecule has 2 aromatic carbocycles. The van der Waals surface area contributed by atoms with Gasteiger partial charge in [0.05, 0.1) is 11.8 Å². The fourth-order valence-corrected chi connectivity index (χ4v) is 3.68. The summed E-state index contributed by atoms with van der Waals surface area (Å²) in [4.78, 5) is 24.8. The molecule has 0 aliphatic carbocycles. The van der Waals surface area contributed by atoms with Gasteiger partial charge in [-0.15, -0.1) is 10.2 Å². The summed E-state index contributed by atoms with van der Waals surface area (Å²) in [5, 5.41) is 14.8.